The third-order valence-electron chi connectivity index (χ3n) is 5.12. The molecular weight excluding hydrogens is 307 g/mol. The van der Waals surface area contributed by atoms with E-state index in [1.54, 1.807) is 6.07 Å². The minimum atomic E-state index is -0.231. The molecule has 2 N–H and O–H groups in total. The minimum absolute atomic E-state index is 0.0126. The van der Waals surface area contributed by atoms with Crippen LogP contribution in [0.5, 0.6) is 0 Å². The Bertz CT molecular complexity index is 585. The van der Waals surface area contributed by atoms with Crippen LogP contribution < -0.4 is 10.6 Å². The topological polar surface area (TPSA) is 50.4 Å². The first kappa shape index (κ1) is 17.4. The first-order chi connectivity index (χ1) is 11.6. The summed E-state index contributed by atoms with van der Waals surface area (Å²) in [5.41, 5.74) is 1.68. The molecule has 2 atom stereocenters. The molecule has 0 radical (unpaired) electrons. The molecule has 2 aliphatic rings. The molecule has 3 rings (SSSR count). The summed E-state index contributed by atoms with van der Waals surface area (Å²) in [7, 11) is 0. The van der Waals surface area contributed by atoms with Gasteiger partial charge >= 0.3 is 0 Å². The standard InChI is InChI=1S/C19H27FN2O2/c1-12(2)18(21-13-8-10-24-11-9-13)19(23)22-17-7-6-14-15(17)4-3-5-16(14)20/h3-5,12-13,17-18,21H,6-11H2,1-2H3,(H,22,23)/t17-,18-/m1/s1. The van der Waals surface area contributed by atoms with Crippen LogP contribution in [-0.2, 0) is 16.0 Å². The summed E-state index contributed by atoms with van der Waals surface area (Å²) < 4.78 is 19.2. The van der Waals surface area contributed by atoms with Gasteiger partial charge in [0, 0.05) is 19.3 Å². The fourth-order valence-corrected chi connectivity index (χ4v) is 3.71. The Morgan fingerprint density at radius 3 is 2.71 bits per heavy atom. The molecule has 1 aromatic rings. The average molecular weight is 334 g/mol. The van der Waals surface area contributed by atoms with Gasteiger partial charge in [0.15, 0.2) is 0 Å². The van der Waals surface area contributed by atoms with E-state index in [2.05, 4.69) is 24.5 Å². The molecule has 1 aliphatic carbocycles. The van der Waals surface area contributed by atoms with E-state index in [4.69, 9.17) is 4.74 Å². The van der Waals surface area contributed by atoms with Crippen molar-refractivity contribution >= 4 is 5.91 Å². The van der Waals surface area contributed by atoms with Crippen molar-refractivity contribution in [2.45, 2.75) is 57.7 Å². The van der Waals surface area contributed by atoms with Gasteiger partial charge in [0.05, 0.1) is 12.1 Å². The van der Waals surface area contributed by atoms with Crippen LogP contribution in [0.3, 0.4) is 0 Å². The predicted octanol–water partition coefficient (Wildman–Crippen LogP) is 2.72. The van der Waals surface area contributed by atoms with Crippen LogP contribution >= 0.6 is 0 Å². The Morgan fingerprint density at radius 1 is 1.25 bits per heavy atom. The van der Waals surface area contributed by atoms with Gasteiger partial charge < -0.3 is 15.4 Å². The van der Waals surface area contributed by atoms with Gasteiger partial charge in [-0.3, -0.25) is 4.79 Å². The first-order valence-electron chi connectivity index (χ1n) is 8.97. The van der Waals surface area contributed by atoms with Gasteiger partial charge in [-0.15, -0.1) is 0 Å². The van der Waals surface area contributed by atoms with Crippen LogP contribution in [0.2, 0.25) is 0 Å². The second kappa shape index (κ2) is 7.62. The molecule has 1 aliphatic heterocycles. The van der Waals surface area contributed by atoms with Crippen LogP contribution in [0.4, 0.5) is 4.39 Å². The van der Waals surface area contributed by atoms with Gasteiger partial charge in [-0.05, 0) is 48.8 Å². The number of hydrogen-bond acceptors (Lipinski definition) is 3. The van der Waals surface area contributed by atoms with Crippen molar-refractivity contribution in [2.24, 2.45) is 5.92 Å². The second-order valence-electron chi connectivity index (χ2n) is 7.18. The lowest BCUT2D eigenvalue weighted by Gasteiger charge is -2.31. The van der Waals surface area contributed by atoms with Gasteiger partial charge in [0.25, 0.3) is 0 Å². The smallest absolute Gasteiger partial charge is 0.237 e. The van der Waals surface area contributed by atoms with E-state index >= 15 is 0 Å². The van der Waals surface area contributed by atoms with Crippen LogP contribution in [-0.4, -0.2) is 31.2 Å². The number of rotatable bonds is 5. The highest BCUT2D eigenvalue weighted by Crippen LogP contribution is 2.32. The molecule has 24 heavy (non-hydrogen) atoms. The number of benzene rings is 1. The van der Waals surface area contributed by atoms with Gasteiger partial charge in [0.1, 0.15) is 5.82 Å². The van der Waals surface area contributed by atoms with E-state index in [1.807, 2.05) is 6.07 Å². The maximum Gasteiger partial charge on any atom is 0.237 e. The third kappa shape index (κ3) is 3.78. The van der Waals surface area contributed by atoms with Crippen molar-refractivity contribution < 1.29 is 13.9 Å². The molecule has 1 amide bonds. The monoisotopic (exact) mass is 334 g/mol. The molecule has 1 saturated heterocycles. The Labute approximate surface area is 143 Å². The first-order valence-corrected chi connectivity index (χ1v) is 8.97. The molecule has 0 spiro atoms. The summed E-state index contributed by atoms with van der Waals surface area (Å²) in [4.78, 5) is 12.8. The van der Waals surface area contributed by atoms with Gasteiger partial charge in [-0.25, -0.2) is 4.39 Å². The second-order valence-corrected chi connectivity index (χ2v) is 7.18. The van der Waals surface area contributed by atoms with Gasteiger partial charge in [-0.1, -0.05) is 26.0 Å². The lowest BCUT2D eigenvalue weighted by molar-refractivity contribution is -0.125. The number of halogens is 1. The number of hydrogen-bond donors (Lipinski definition) is 2. The summed E-state index contributed by atoms with van der Waals surface area (Å²) in [5.74, 6) is 0.0461. The average Bonchev–Trinajstić information content (AvgIpc) is 2.97. The number of carbonyl (C=O) groups excluding carboxylic acids is 1. The Morgan fingerprint density at radius 2 is 2.00 bits per heavy atom. The number of amides is 1. The van der Waals surface area contributed by atoms with Crippen molar-refractivity contribution in [2.75, 3.05) is 13.2 Å². The molecule has 1 fully saturated rings. The lowest BCUT2D eigenvalue weighted by Crippen LogP contribution is -2.52. The van der Waals surface area contributed by atoms with E-state index in [9.17, 15) is 9.18 Å². The van der Waals surface area contributed by atoms with Crippen LogP contribution in [0, 0.1) is 11.7 Å². The quantitative estimate of drug-likeness (QED) is 0.870. The van der Waals surface area contributed by atoms with Gasteiger partial charge in [0.2, 0.25) is 5.91 Å². The van der Waals surface area contributed by atoms with Crippen LogP contribution in [0.1, 0.15) is 50.3 Å². The number of fused-ring (bicyclic) bond motifs is 1. The number of nitrogens with one attached hydrogen (secondary N) is 2. The SMILES string of the molecule is CC(C)[C@@H](NC1CCOCC1)C(=O)N[C@@H]1CCc2c(F)cccc21. The Kier molecular flexibility index (Phi) is 5.51. The fraction of sp³-hybridized carbons (Fsp3) is 0.632. The summed E-state index contributed by atoms with van der Waals surface area (Å²) in [6.07, 6.45) is 3.33. The van der Waals surface area contributed by atoms with E-state index in [-0.39, 0.29) is 29.7 Å². The summed E-state index contributed by atoms with van der Waals surface area (Å²) in [6.45, 7) is 5.61. The van der Waals surface area contributed by atoms with Crippen molar-refractivity contribution in [1.82, 2.24) is 10.6 Å². The van der Waals surface area contributed by atoms with Crippen molar-refractivity contribution in [3.63, 3.8) is 0 Å². The Balaban J connectivity index is 1.65. The molecule has 132 valence electrons. The molecule has 0 saturated carbocycles. The minimum Gasteiger partial charge on any atom is -0.381 e. The van der Waals surface area contributed by atoms with E-state index in [0.717, 1.165) is 43.6 Å². The predicted molar refractivity (Wildman–Crippen MR) is 91.2 cm³/mol. The molecule has 0 aromatic heterocycles. The highest BCUT2D eigenvalue weighted by atomic mass is 19.1. The number of carbonyl (C=O) groups is 1. The largest absolute Gasteiger partial charge is 0.381 e. The van der Waals surface area contributed by atoms with Crippen LogP contribution in [0.15, 0.2) is 18.2 Å². The van der Waals surface area contributed by atoms with Crippen molar-refractivity contribution in [1.29, 1.82) is 0 Å². The maximum atomic E-state index is 13.9. The van der Waals surface area contributed by atoms with Gasteiger partial charge in [-0.2, -0.15) is 0 Å². The van der Waals surface area contributed by atoms with E-state index in [0.29, 0.717) is 12.5 Å². The number of ether oxygens (including phenoxy) is 1. The Hall–Kier alpha value is -1.46. The molecule has 0 bridgehead atoms. The molecule has 1 aromatic carbocycles. The molecule has 0 unspecified atom stereocenters. The van der Waals surface area contributed by atoms with Crippen molar-refractivity contribution in [3.8, 4) is 0 Å². The summed E-state index contributed by atoms with van der Waals surface area (Å²) >= 11 is 0. The summed E-state index contributed by atoms with van der Waals surface area (Å²) in [6, 6.07) is 5.15. The normalized spacial score (nSPS) is 22.4. The molecule has 5 heteroatoms. The maximum absolute atomic E-state index is 13.9. The third-order valence-corrected chi connectivity index (χ3v) is 5.12. The van der Waals surface area contributed by atoms with Crippen LogP contribution in [0.25, 0.3) is 0 Å². The summed E-state index contributed by atoms with van der Waals surface area (Å²) in [5, 5.41) is 6.63. The zero-order valence-corrected chi connectivity index (χ0v) is 14.5. The van der Waals surface area contributed by atoms with E-state index in [1.165, 1.54) is 6.07 Å². The van der Waals surface area contributed by atoms with E-state index < -0.39 is 0 Å². The fourth-order valence-electron chi connectivity index (χ4n) is 3.71. The molecule has 4 nitrogen and oxygen atoms in total. The molecular formula is C19H27FN2O2. The zero-order chi connectivity index (χ0) is 17.1. The highest BCUT2D eigenvalue weighted by Gasteiger charge is 2.31. The zero-order valence-electron chi connectivity index (χ0n) is 14.5. The molecule has 1 heterocycles. The highest BCUT2D eigenvalue weighted by molar-refractivity contribution is 5.82. The lowest BCUT2D eigenvalue weighted by atomic mass is 9.99. The van der Waals surface area contributed by atoms with Crippen molar-refractivity contribution in [3.05, 3.63) is 35.1 Å².